The van der Waals surface area contributed by atoms with Gasteiger partial charge in [0.1, 0.15) is 17.2 Å². The summed E-state index contributed by atoms with van der Waals surface area (Å²) in [6, 6.07) is 12.5. The summed E-state index contributed by atoms with van der Waals surface area (Å²) < 4.78 is 15.9. The Bertz CT molecular complexity index is 761. The van der Waals surface area contributed by atoms with Gasteiger partial charge in [0.2, 0.25) is 0 Å². The van der Waals surface area contributed by atoms with E-state index < -0.39 is 0 Å². The minimum atomic E-state index is -0.341. The van der Waals surface area contributed by atoms with Gasteiger partial charge >= 0.3 is 0 Å². The van der Waals surface area contributed by atoms with Crippen LogP contribution in [0, 0.1) is 0 Å². The summed E-state index contributed by atoms with van der Waals surface area (Å²) in [5.74, 6) is 1.55. The Morgan fingerprint density at radius 1 is 1.12 bits per heavy atom. The molecule has 2 rings (SSSR count). The first-order chi connectivity index (χ1) is 12.7. The zero-order chi connectivity index (χ0) is 18.8. The van der Waals surface area contributed by atoms with Gasteiger partial charge in [0.25, 0.3) is 5.91 Å². The van der Waals surface area contributed by atoms with Crippen molar-refractivity contribution in [3.63, 3.8) is 0 Å². The second-order valence-corrected chi connectivity index (χ2v) is 5.09. The number of hydrogen-bond acceptors (Lipinski definition) is 6. The summed E-state index contributed by atoms with van der Waals surface area (Å²) in [5, 5.41) is 6.54. The number of ether oxygens (including phenoxy) is 3. The molecule has 0 fully saturated rings. The molecular formula is C19H22N2O5. The van der Waals surface area contributed by atoms with Crippen molar-refractivity contribution in [2.24, 2.45) is 5.16 Å². The largest absolute Gasteiger partial charge is 0.497 e. The number of nitrogens with zero attached hydrogens (tertiary/aromatic N) is 1. The number of carbonyl (C=O) groups excluding carboxylic acids is 1. The van der Waals surface area contributed by atoms with Gasteiger partial charge in [0.05, 0.1) is 32.7 Å². The van der Waals surface area contributed by atoms with E-state index in [-0.39, 0.29) is 12.5 Å². The number of para-hydroxylation sites is 2. The minimum absolute atomic E-state index is 0.233. The van der Waals surface area contributed by atoms with Crippen molar-refractivity contribution in [1.29, 1.82) is 0 Å². The van der Waals surface area contributed by atoms with Crippen molar-refractivity contribution in [2.75, 3.05) is 32.8 Å². The van der Waals surface area contributed by atoms with Gasteiger partial charge in [-0.3, -0.25) is 4.79 Å². The standard InChI is InChI=1S/C19H22N2O5/c1-4-25-18-8-6-5-7-16(18)21-19(22)13-26-20-12-14-11-15(23-2)9-10-17(14)24-3/h5-12H,4,13H2,1-3H3,(H,21,22)/b20-12-. The molecule has 0 aliphatic rings. The van der Waals surface area contributed by atoms with Crippen LogP contribution in [0.3, 0.4) is 0 Å². The van der Waals surface area contributed by atoms with Crippen molar-refractivity contribution in [2.45, 2.75) is 6.92 Å². The molecule has 7 nitrogen and oxygen atoms in total. The molecule has 0 radical (unpaired) electrons. The summed E-state index contributed by atoms with van der Waals surface area (Å²) >= 11 is 0. The van der Waals surface area contributed by atoms with Gasteiger partial charge in [0, 0.05) is 5.56 Å². The summed E-state index contributed by atoms with van der Waals surface area (Å²) in [7, 11) is 3.13. The Morgan fingerprint density at radius 3 is 2.65 bits per heavy atom. The molecule has 0 aliphatic carbocycles. The minimum Gasteiger partial charge on any atom is -0.497 e. The van der Waals surface area contributed by atoms with Crippen LogP contribution < -0.4 is 19.5 Å². The normalized spacial score (nSPS) is 10.4. The van der Waals surface area contributed by atoms with Gasteiger partial charge in [-0.25, -0.2) is 0 Å². The number of amides is 1. The molecule has 1 N–H and O–H groups in total. The van der Waals surface area contributed by atoms with Crippen molar-refractivity contribution in [3.8, 4) is 17.2 Å². The van der Waals surface area contributed by atoms with Crippen LogP contribution >= 0.6 is 0 Å². The molecule has 0 unspecified atom stereocenters. The molecule has 0 saturated carbocycles. The van der Waals surface area contributed by atoms with E-state index in [0.29, 0.717) is 35.1 Å². The summed E-state index contributed by atoms with van der Waals surface area (Å²) in [6.45, 7) is 2.16. The van der Waals surface area contributed by atoms with Gasteiger partial charge < -0.3 is 24.4 Å². The monoisotopic (exact) mass is 358 g/mol. The van der Waals surface area contributed by atoms with E-state index in [9.17, 15) is 4.79 Å². The second-order valence-electron chi connectivity index (χ2n) is 5.09. The zero-order valence-electron chi connectivity index (χ0n) is 15.0. The topological polar surface area (TPSA) is 78.4 Å². The Balaban J connectivity index is 1.91. The molecule has 2 aromatic carbocycles. The van der Waals surface area contributed by atoms with Gasteiger partial charge in [-0.15, -0.1) is 0 Å². The third-order valence-corrected chi connectivity index (χ3v) is 3.36. The number of anilines is 1. The molecule has 0 aliphatic heterocycles. The lowest BCUT2D eigenvalue weighted by molar-refractivity contribution is -0.120. The van der Waals surface area contributed by atoms with E-state index in [1.807, 2.05) is 19.1 Å². The van der Waals surface area contributed by atoms with E-state index in [0.717, 1.165) is 0 Å². The predicted octanol–water partition coefficient (Wildman–Crippen LogP) is 3.09. The molecular weight excluding hydrogens is 336 g/mol. The van der Waals surface area contributed by atoms with Gasteiger partial charge in [-0.1, -0.05) is 17.3 Å². The van der Waals surface area contributed by atoms with E-state index >= 15 is 0 Å². The fraction of sp³-hybridized carbons (Fsp3) is 0.263. The average molecular weight is 358 g/mol. The average Bonchev–Trinajstić information content (AvgIpc) is 2.66. The molecule has 138 valence electrons. The molecule has 0 spiro atoms. The van der Waals surface area contributed by atoms with E-state index in [4.69, 9.17) is 19.0 Å². The van der Waals surface area contributed by atoms with E-state index in [2.05, 4.69) is 10.5 Å². The molecule has 0 atom stereocenters. The molecule has 0 saturated heterocycles. The maximum absolute atomic E-state index is 12.0. The van der Waals surface area contributed by atoms with E-state index in [1.54, 1.807) is 44.6 Å². The first kappa shape index (κ1) is 19.1. The maximum atomic E-state index is 12.0. The molecule has 26 heavy (non-hydrogen) atoms. The summed E-state index contributed by atoms with van der Waals surface area (Å²) in [6.07, 6.45) is 1.46. The quantitative estimate of drug-likeness (QED) is 0.550. The Hall–Kier alpha value is -3.22. The first-order valence-electron chi connectivity index (χ1n) is 8.07. The Labute approximate surface area is 152 Å². The molecule has 7 heteroatoms. The number of oxime groups is 1. The van der Waals surface area contributed by atoms with Crippen LogP contribution in [-0.2, 0) is 9.63 Å². The third kappa shape index (κ3) is 5.41. The van der Waals surface area contributed by atoms with Crippen molar-refractivity contribution in [1.82, 2.24) is 0 Å². The summed E-state index contributed by atoms with van der Waals surface area (Å²) in [5.41, 5.74) is 1.26. The third-order valence-electron chi connectivity index (χ3n) is 3.36. The number of hydrogen-bond donors (Lipinski definition) is 1. The lowest BCUT2D eigenvalue weighted by atomic mass is 10.2. The SMILES string of the molecule is CCOc1ccccc1NC(=O)CO/N=C\c1cc(OC)ccc1OC. The van der Waals surface area contributed by atoms with Crippen LogP contribution in [0.2, 0.25) is 0 Å². The fourth-order valence-electron chi connectivity index (χ4n) is 2.17. The second kappa shape index (κ2) is 9.93. The maximum Gasteiger partial charge on any atom is 0.265 e. The van der Waals surface area contributed by atoms with Crippen LogP contribution in [0.5, 0.6) is 17.2 Å². The van der Waals surface area contributed by atoms with Crippen molar-refractivity contribution >= 4 is 17.8 Å². The molecule has 0 bridgehead atoms. The highest BCUT2D eigenvalue weighted by molar-refractivity contribution is 5.93. The van der Waals surface area contributed by atoms with Crippen LogP contribution in [0.1, 0.15) is 12.5 Å². The number of benzene rings is 2. The van der Waals surface area contributed by atoms with Gasteiger partial charge in [-0.05, 0) is 37.3 Å². The van der Waals surface area contributed by atoms with Crippen LogP contribution in [-0.4, -0.2) is 39.6 Å². The first-order valence-corrected chi connectivity index (χ1v) is 8.07. The van der Waals surface area contributed by atoms with Crippen LogP contribution in [0.15, 0.2) is 47.6 Å². The Kier molecular flexibility index (Phi) is 7.30. The molecule has 2 aromatic rings. The number of methoxy groups -OCH3 is 2. The summed E-state index contributed by atoms with van der Waals surface area (Å²) in [4.78, 5) is 17.1. The predicted molar refractivity (Wildman–Crippen MR) is 99.3 cm³/mol. The lowest BCUT2D eigenvalue weighted by Gasteiger charge is -2.10. The lowest BCUT2D eigenvalue weighted by Crippen LogP contribution is -2.17. The van der Waals surface area contributed by atoms with Crippen molar-refractivity contribution < 1.29 is 23.8 Å². The van der Waals surface area contributed by atoms with E-state index in [1.165, 1.54) is 6.21 Å². The zero-order valence-corrected chi connectivity index (χ0v) is 15.0. The van der Waals surface area contributed by atoms with Crippen molar-refractivity contribution in [3.05, 3.63) is 48.0 Å². The van der Waals surface area contributed by atoms with Gasteiger partial charge in [-0.2, -0.15) is 0 Å². The molecule has 0 aromatic heterocycles. The number of nitrogens with one attached hydrogen (secondary N) is 1. The highest BCUT2D eigenvalue weighted by atomic mass is 16.6. The van der Waals surface area contributed by atoms with Crippen LogP contribution in [0.4, 0.5) is 5.69 Å². The molecule has 0 heterocycles. The van der Waals surface area contributed by atoms with Gasteiger partial charge in [0.15, 0.2) is 6.61 Å². The fourth-order valence-corrected chi connectivity index (χ4v) is 2.17. The highest BCUT2D eigenvalue weighted by Gasteiger charge is 2.08. The van der Waals surface area contributed by atoms with Crippen LogP contribution in [0.25, 0.3) is 0 Å². The molecule has 1 amide bonds. The Morgan fingerprint density at radius 2 is 1.92 bits per heavy atom. The number of rotatable bonds is 9. The number of carbonyl (C=O) groups is 1. The highest BCUT2D eigenvalue weighted by Crippen LogP contribution is 2.24. The smallest absolute Gasteiger partial charge is 0.265 e.